The molecule has 0 aliphatic heterocycles. The Balaban J connectivity index is 2.03. The van der Waals surface area contributed by atoms with Gasteiger partial charge in [-0.25, -0.2) is 4.98 Å². The van der Waals surface area contributed by atoms with E-state index in [9.17, 15) is 4.79 Å². The van der Waals surface area contributed by atoms with Crippen molar-refractivity contribution in [2.24, 2.45) is 5.92 Å². The Hall–Kier alpha value is -1.59. The lowest BCUT2D eigenvalue weighted by atomic mass is 10.1. The third-order valence-corrected chi connectivity index (χ3v) is 4.05. The fourth-order valence-corrected chi connectivity index (χ4v) is 2.78. The molecule has 1 heterocycles. The van der Waals surface area contributed by atoms with Crippen LogP contribution in [-0.4, -0.2) is 16.5 Å². The lowest BCUT2D eigenvalue weighted by molar-refractivity contribution is 0.552. The molecule has 2 rings (SSSR count). The SMILES string of the molecule is Cc1cc(CNCC(C)C)ccc1Sc1nccc(=O)[nH]1. The molecule has 1 aromatic carbocycles. The molecule has 21 heavy (non-hydrogen) atoms. The van der Waals surface area contributed by atoms with Crippen LogP contribution in [0, 0.1) is 12.8 Å². The number of benzene rings is 1. The maximum Gasteiger partial charge on any atom is 0.251 e. The van der Waals surface area contributed by atoms with Crippen LogP contribution in [-0.2, 0) is 6.54 Å². The first kappa shape index (κ1) is 15.8. The summed E-state index contributed by atoms with van der Waals surface area (Å²) >= 11 is 1.48. The van der Waals surface area contributed by atoms with E-state index in [-0.39, 0.29) is 5.56 Å². The van der Waals surface area contributed by atoms with Crippen molar-refractivity contribution in [3.8, 4) is 0 Å². The van der Waals surface area contributed by atoms with Gasteiger partial charge in [0.25, 0.3) is 5.56 Å². The highest BCUT2D eigenvalue weighted by Crippen LogP contribution is 2.27. The van der Waals surface area contributed by atoms with E-state index in [1.165, 1.54) is 35.2 Å². The highest BCUT2D eigenvalue weighted by Gasteiger charge is 2.04. The molecule has 112 valence electrons. The number of H-pyrrole nitrogens is 1. The van der Waals surface area contributed by atoms with E-state index < -0.39 is 0 Å². The molecule has 0 amide bonds. The van der Waals surface area contributed by atoms with E-state index in [1.54, 1.807) is 0 Å². The maximum atomic E-state index is 11.3. The van der Waals surface area contributed by atoms with Gasteiger partial charge in [0.2, 0.25) is 0 Å². The zero-order valence-corrected chi connectivity index (χ0v) is 13.5. The van der Waals surface area contributed by atoms with Crippen molar-refractivity contribution in [3.05, 3.63) is 51.9 Å². The van der Waals surface area contributed by atoms with Crippen LogP contribution in [0.5, 0.6) is 0 Å². The topological polar surface area (TPSA) is 57.8 Å². The Morgan fingerprint density at radius 1 is 1.33 bits per heavy atom. The lowest BCUT2D eigenvalue weighted by Gasteiger charge is -2.10. The van der Waals surface area contributed by atoms with Crippen LogP contribution in [0.1, 0.15) is 25.0 Å². The first-order chi connectivity index (χ1) is 10.0. The minimum absolute atomic E-state index is 0.125. The van der Waals surface area contributed by atoms with E-state index in [1.807, 2.05) is 0 Å². The van der Waals surface area contributed by atoms with Gasteiger partial charge in [-0.3, -0.25) is 4.79 Å². The van der Waals surface area contributed by atoms with Gasteiger partial charge < -0.3 is 10.3 Å². The quantitative estimate of drug-likeness (QED) is 0.806. The molecule has 0 saturated heterocycles. The normalized spacial score (nSPS) is 11.0. The van der Waals surface area contributed by atoms with Crippen LogP contribution in [0.25, 0.3) is 0 Å². The van der Waals surface area contributed by atoms with Gasteiger partial charge in [-0.15, -0.1) is 0 Å². The van der Waals surface area contributed by atoms with Crippen LogP contribution < -0.4 is 10.9 Å². The van der Waals surface area contributed by atoms with Gasteiger partial charge in [-0.2, -0.15) is 0 Å². The van der Waals surface area contributed by atoms with Crippen molar-refractivity contribution < 1.29 is 0 Å². The van der Waals surface area contributed by atoms with Crippen LogP contribution in [0.2, 0.25) is 0 Å². The zero-order chi connectivity index (χ0) is 15.2. The molecular formula is C16H21N3OS. The molecule has 0 unspecified atom stereocenters. The fraction of sp³-hybridized carbons (Fsp3) is 0.375. The molecule has 0 saturated carbocycles. The second-order valence-corrected chi connectivity index (χ2v) is 6.50. The van der Waals surface area contributed by atoms with Crippen LogP contribution in [0.15, 0.2) is 45.3 Å². The van der Waals surface area contributed by atoms with Gasteiger partial charge in [-0.1, -0.05) is 37.7 Å². The van der Waals surface area contributed by atoms with E-state index in [0.29, 0.717) is 11.1 Å². The molecule has 5 heteroatoms. The summed E-state index contributed by atoms with van der Waals surface area (Å²) in [5.74, 6) is 0.655. The molecule has 2 aromatic rings. The van der Waals surface area contributed by atoms with Crippen molar-refractivity contribution in [1.82, 2.24) is 15.3 Å². The average Bonchev–Trinajstić information content (AvgIpc) is 2.41. The summed E-state index contributed by atoms with van der Waals surface area (Å²) in [5.41, 5.74) is 2.34. The van der Waals surface area contributed by atoms with E-state index in [2.05, 4.69) is 54.3 Å². The predicted molar refractivity (Wildman–Crippen MR) is 86.7 cm³/mol. The summed E-state index contributed by atoms with van der Waals surface area (Å²) < 4.78 is 0. The molecule has 0 fully saturated rings. The first-order valence-corrected chi connectivity index (χ1v) is 7.89. The standard InChI is InChI=1S/C16H21N3OS/c1-11(2)9-17-10-13-4-5-14(12(3)8-13)21-16-18-7-6-15(20)19-16/h4-8,11,17H,9-10H2,1-3H3,(H,18,19,20). The Morgan fingerprint density at radius 2 is 2.14 bits per heavy atom. The highest BCUT2D eigenvalue weighted by molar-refractivity contribution is 7.99. The largest absolute Gasteiger partial charge is 0.312 e. The monoisotopic (exact) mass is 303 g/mol. The number of hydrogen-bond donors (Lipinski definition) is 2. The van der Waals surface area contributed by atoms with Gasteiger partial charge in [0.1, 0.15) is 0 Å². The summed E-state index contributed by atoms with van der Waals surface area (Å²) in [4.78, 5) is 19.3. The summed E-state index contributed by atoms with van der Waals surface area (Å²) in [5, 5.41) is 4.06. The van der Waals surface area contributed by atoms with E-state index in [0.717, 1.165) is 18.0 Å². The van der Waals surface area contributed by atoms with E-state index >= 15 is 0 Å². The molecule has 4 nitrogen and oxygen atoms in total. The number of aromatic amines is 1. The van der Waals surface area contributed by atoms with Crippen molar-refractivity contribution in [2.45, 2.75) is 37.4 Å². The van der Waals surface area contributed by atoms with Crippen LogP contribution in [0.4, 0.5) is 0 Å². The molecule has 0 bridgehead atoms. The lowest BCUT2D eigenvalue weighted by Crippen LogP contribution is -2.18. The van der Waals surface area contributed by atoms with Gasteiger partial charge >= 0.3 is 0 Å². The van der Waals surface area contributed by atoms with Crippen molar-refractivity contribution in [2.75, 3.05) is 6.54 Å². The Labute approximate surface area is 129 Å². The molecule has 0 spiro atoms. The van der Waals surface area contributed by atoms with Gasteiger partial charge in [0.15, 0.2) is 5.16 Å². The summed E-state index contributed by atoms with van der Waals surface area (Å²) in [7, 11) is 0. The second kappa shape index (κ2) is 7.43. The molecule has 1 aromatic heterocycles. The third-order valence-electron chi connectivity index (χ3n) is 2.98. The summed E-state index contributed by atoms with van der Waals surface area (Å²) in [6, 6.07) is 7.79. The van der Waals surface area contributed by atoms with Crippen molar-refractivity contribution >= 4 is 11.8 Å². The summed E-state index contributed by atoms with van der Waals surface area (Å²) in [6.07, 6.45) is 1.53. The minimum atomic E-state index is -0.125. The number of hydrogen-bond acceptors (Lipinski definition) is 4. The van der Waals surface area contributed by atoms with Crippen molar-refractivity contribution in [1.29, 1.82) is 0 Å². The molecule has 2 N–H and O–H groups in total. The smallest absolute Gasteiger partial charge is 0.251 e. The molecule has 0 aliphatic carbocycles. The number of rotatable bonds is 6. The molecule has 0 atom stereocenters. The van der Waals surface area contributed by atoms with Crippen molar-refractivity contribution in [3.63, 3.8) is 0 Å². The van der Waals surface area contributed by atoms with Gasteiger partial charge in [0.05, 0.1) is 0 Å². The Morgan fingerprint density at radius 3 is 2.81 bits per heavy atom. The number of aromatic nitrogens is 2. The van der Waals surface area contributed by atoms with Gasteiger partial charge in [0, 0.05) is 23.7 Å². The van der Waals surface area contributed by atoms with Crippen LogP contribution >= 0.6 is 11.8 Å². The fourth-order valence-electron chi connectivity index (χ4n) is 1.95. The second-order valence-electron chi connectivity index (χ2n) is 5.47. The Bertz CT molecular complexity index is 652. The van der Waals surface area contributed by atoms with Gasteiger partial charge in [-0.05, 0) is 36.6 Å². The summed E-state index contributed by atoms with van der Waals surface area (Å²) in [6.45, 7) is 8.38. The first-order valence-electron chi connectivity index (χ1n) is 7.08. The molecule has 0 aliphatic rings. The Kier molecular flexibility index (Phi) is 5.59. The maximum absolute atomic E-state index is 11.3. The number of nitrogens with one attached hydrogen (secondary N) is 2. The highest BCUT2D eigenvalue weighted by atomic mass is 32.2. The van der Waals surface area contributed by atoms with E-state index in [4.69, 9.17) is 0 Å². The molecular weight excluding hydrogens is 282 g/mol. The molecule has 0 radical (unpaired) electrons. The third kappa shape index (κ3) is 5.02. The number of aryl methyl sites for hydroxylation is 1. The number of nitrogens with zero attached hydrogens (tertiary/aromatic N) is 1. The zero-order valence-electron chi connectivity index (χ0n) is 12.6. The van der Waals surface area contributed by atoms with Crippen LogP contribution in [0.3, 0.4) is 0 Å². The predicted octanol–water partition coefficient (Wildman–Crippen LogP) is 2.98. The average molecular weight is 303 g/mol. The minimum Gasteiger partial charge on any atom is -0.312 e.